The van der Waals surface area contributed by atoms with Crippen LogP contribution in [0.15, 0.2) is 16.7 Å². The normalized spacial score (nSPS) is 27.2. The topological polar surface area (TPSA) is 80.7 Å². The van der Waals surface area contributed by atoms with Crippen LogP contribution in [0.1, 0.15) is 35.4 Å². The number of nitrogens with one attached hydrogen (secondary N) is 1. The van der Waals surface area contributed by atoms with Gasteiger partial charge in [0.15, 0.2) is 0 Å². The summed E-state index contributed by atoms with van der Waals surface area (Å²) in [5.74, 6) is 5.55. The molecule has 2 heterocycles. The molecule has 3 rings (SSSR count). The molecule has 0 radical (unpaired) electrons. The lowest BCUT2D eigenvalue weighted by Crippen LogP contribution is -2.48. The molecule has 6 nitrogen and oxygen atoms in total. The fourth-order valence-electron chi connectivity index (χ4n) is 3.13. The molecule has 1 aliphatic heterocycles. The zero-order valence-corrected chi connectivity index (χ0v) is 10.8. The number of hydrazine groups is 1. The Bertz CT molecular complexity index is 460. The van der Waals surface area contributed by atoms with Crippen LogP contribution >= 0.6 is 0 Å². The summed E-state index contributed by atoms with van der Waals surface area (Å²) in [6.07, 6.45) is 5.38. The second-order valence-electron chi connectivity index (χ2n) is 5.11. The summed E-state index contributed by atoms with van der Waals surface area (Å²) in [7, 11) is 0. The quantitative estimate of drug-likeness (QED) is 0.476. The highest BCUT2D eigenvalue weighted by Crippen LogP contribution is 2.31. The number of amides is 1. The van der Waals surface area contributed by atoms with E-state index in [2.05, 4.69) is 10.3 Å². The molecular formula is C13H19N3O3. The lowest BCUT2D eigenvalue weighted by molar-refractivity contribution is -0.0606. The van der Waals surface area contributed by atoms with E-state index in [-0.39, 0.29) is 5.91 Å². The van der Waals surface area contributed by atoms with E-state index in [0.717, 1.165) is 26.0 Å². The van der Waals surface area contributed by atoms with Gasteiger partial charge in [-0.25, -0.2) is 5.84 Å². The van der Waals surface area contributed by atoms with Crippen LogP contribution in [0.25, 0.3) is 0 Å². The molecule has 0 aromatic carbocycles. The number of morpholine rings is 1. The van der Waals surface area contributed by atoms with Crippen molar-refractivity contribution in [3.05, 3.63) is 23.7 Å². The third-order valence-electron chi connectivity index (χ3n) is 4.06. The minimum Gasteiger partial charge on any atom is -0.467 e. The largest absolute Gasteiger partial charge is 0.467 e. The number of hydrogen-bond donors (Lipinski definition) is 2. The Morgan fingerprint density at radius 3 is 3.26 bits per heavy atom. The van der Waals surface area contributed by atoms with Gasteiger partial charge >= 0.3 is 0 Å². The highest BCUT2D eigenvalue weighted by atomic mass is 16.5. The van der Waals surface area contributed by atoms with E-state index in [1.54, 1.807) is 6.07 Å². The van der Waals surface area contributed by atoms with E-state index in [1.807, 2.05) is 0 Å². The number of nitrogens with zero attached hydrogens (tertiary/aromatic N) is 1. The van der Waals surface area contributed by atoms with Crippen LogP contribution in [0.2, 0.25) is 0 Å². The van der Waals surface area contributed by atoms with Crippen molar-refractivity contribution in [3.63, 3.8) is 0 Å². The maximum atomic E-state index is 11.6. The van der Waals surface area contributed by atoms with Crippen molar-refractivity contribution in [1.29, 1.82) is 0 Å². The Morgan fingerprint density at radius 1 is 1.53 bits per heavy atom. The second-order valence-corrected chi connectivity index (χ2v) is 5.11. The number of carbonyl (C=O) groups is 1. The van der Waals surface area contributed by atoms with Gasteiger partial charge < -0.3 is 9.15 Å². The van der Waals surface area contributed by atoms with E-state index >= 15 is 0 Å². The van der Waals surface area contributed by atoms with Crippen LogP contribution in [-0.2, 0) is 11.3 Å². The van der Waals surface area contributed by atoms with Crippen LogP contribution in [0.5, 0.6) is 0 Å². The summed E-state index contributed by atoms with van der Waals surface area (Å²) in [6.45, 7) is 2.27. The Balaban J connectivity index is 1.74. The van der Waals surface area contributed by atoms with Crippen molar-refractivity contribution in [2.45, 2.75) is 38.0 Å². The molecule has 3 N–H and O–H groups in total. The van der Waals surface area contributed by atoms with Gasteiger partial charge in [-0.3, -0.25) is 15.1 Å². The van der Waals surface area contributed by atoms with Gasteiger partial charge in [-0.2, -0.15) is 0 Å². The third-order valence-corrected chi connectivity index (χ3v) is 4.06. The molecule has 1 aromatic rings. The number of furan rings is 1. The van der Waals surface area contributed by atoms with Gasteiger partial charge in [0.25, 0.3) is 5.91 Å². The van der Waals surface area contributed by atoms with Gasteiger partial charge in [0.2, 0.25) is 0 Å². The average Bonchev–Trinajstić information content (AvgIpc) is 3.06. The van der Waals surface area contributed by atoms with Crippen molar-refractivity contribution in [2.24, 2.45) is 5.84 Å². The van der Waals surface area contributed by atoms with Crippen molar-refractivity contribution in [3.8, 4) is 0 Å². The fraction of sp³-hybridized carbons (Fsp3) is 0.615. The molecule has 2 atom stereocenters. The molecule has 1 amide bonds. The number of carbonyl (C=O) groups excluding carboxylic acids is 1. The molecule has 2 aliphatic rings. The summed E-state index contributed by atoms with van der Waals surface area (Å²) in [4.78, 5) is 14.0. The number of nitrogen functional groups attached to an aromatic ring is 1. The predicted octanol–water partition coefficient (Wildman–Crippen LogP) is 0.636. The molecule has 1 aliphatic carbocycles. The van der Waals surface area contributed by atoms with Gasteiger partial charge in [-0.1, -0.05) is 0 Å². The number of ether oxygens (including phenoxy) is 1. The monoisotopic (exact) mass is 265 g/mol. The SMILES string of the molecule is NNC(=O)c1ccoc1CN1CCOC2CCCC21. The lowest BCUT2D eigenvalue weighted by atomic mass is 10.1. The maximum absolute atomic E-state index is 11.6. The standard InChI is InChI=1S/C13H19N3O3/c14-15-13(17)9-4-6-18-12(9)8-16-5-7-19-11-3-1-2-10(11)16/h4,6,10-11H,1-3,5,7-8,14H2,(H,15,17). The predicted molar refractivity (Wildman–Crippen MR) is 68.2 cm³/mol. The lowest BCUT2D eigenvalue weighted by Gasteiger charge is -2.37. The first-order valence-electron chi connectivity index (χ1n) is 6.72. The van der Waals surface area contributed by atoms with Gasteiger partial charge in [0.1, 0.15) is 5.76 Å². The second kappa shape index (κ2) is 5.32. The summed E-state index contributed by atoms with van der Waals surface area (Å²) >= 11 is 0. The molecule has 2 unspecified atom stereocenters. The molecule has 1 saturated heterocycles. The molecule has 2 fully saturated rings. The zero-order chi connectivity index (χ0) is 13.2. The van der Waals surface area contributed by atoms with Crippen molar-refractivity contribution in [1.82, 2.24) is 10.3 Å². The zero-order valence-electron chi connectivity index (χ0n) is 10.8. The fourth-order valence-corrected chi connectivity index (χ4v) is 3.13. The van der Waals surface area contributed by atoms with Crippen LogP contribution in [0.4, 0.5) is 0 Å². The van der Waals surface area contributed by atoms with Crippen LogP contribution < -0.4 is 11.3 Å². The summed E-state index contributed by atoms with van der Waals surface area (Å²) in [5.41, 5.74) is 2.67. The number of rotatable bonds is 3. The van der Waals surface area contributed by atoms with Gasteiger partial charge in [-0.05, 0) is 25.3 Å². The number of nitrogens with two attached hydrogens (primary N) is 1. The van der Waals surface area contributed by atoms with Crippen molar-refractivity contribution < 1.29 is 13.9 Å². The molecule has 19 heavy (non-hydrogen) atoms. The Labute approximate surface area is 111 Å². The first-order chi connectivity index (χ1) is 9.29. The van der Waals surface area contributed by atoms with E-state index in [0.29, 0.717) is 30.0 Å². The van der Waals surface area contributed by atoms with Crippen molar-refractivity contribution >= 4 is 5.91 Å². The van der Waals surface area contributed by atoms with Gasteiger partial charge in [0.05, 0.1) is 31.1 Å². The van der Waals surface area contributed by atoms with Gasteiger partial charge in [0, 0.05) is 12.6 Å². The molecular weight excluding hydrogens is 246 g/mol. The Kier molecular flexibility index (Phi) is 3.54. The Morgan fingerprint density at radius 2 is 2.42 bits per heavy atom. The van der Waals surface area contributed by atoms with E-state index < -0.39 is 0 Å². The van der Waals surface area contributed by atoms with Gasteiger partial charge in [-0.15, -0.1) is 0 Å². The smallest absolute Gasteiger partial charge is 0.268 e. The minimum absolute atomic E-state index is 0.306. The molecule has 6 heteroatoms. The van der Waals surface area contributed by atoms with E-state index in [1.165, 1.54) is 12.7 Å². The molecule has 1 saturated carbocycles. The van der Waals surface area contributed by atoms with Crippen molar-refractivity contribution in [2.75, 3.05) is 13.2 Å². The van der Waals surface area contributed by atoms with E-state index in [9.17, 15) is 4.79 Å². The molecule has 0 spiro atoms. The number of fused-ring (bicyclic) bond motifs is 1. The van der Waals surface area contributed by atoms with Crippen LogP contribution in [0.3, 0.4) is 0 Å². The summed E-state index contributed by atoms with van der Waals surface area (Å²) in [6, 6.07) is 2.11. The average molecular weight is 265 g/mol. The summed E-state index contributed by atoms with van der Waals surface area (Å²) in [5, 5.41) is 0. The summed E-state index contributed by atoms with van der Waals surface area (Å²) < 4.78 is 11.2. The minimum atomic E-state index is -0.306. The van der Waals surface area contributed by atoms with Crippen LogP contribution in [-0.4, -0.2) is 36.1 Å². The van der Waals surface area contributed by atoms with E-state index in [4.69, 9.17) is 15.0 Å². The molecule has 0 bridgehead atoms. The molecule has 104 valence electrons. The number of hydrogen-bond acceptors (Lipinski definition) is 5. The molecule has 1 aromatic heterocycles. The Hall–Kier alpha value is -1.37. The first-order valence-corrected chi connectivity index (χ1v) is 6.72. The third kappa shape index (κ3) is 2.39. The van der Waals surface area contributed by atoms with Crippen LogP contribution in [0, 0.1) is 0 Å². The highest BCUT2D eigenvalue weighted by molar-refractivity contribution is 5.94. The highest BCUT2D eigenvalue weighted by Gasteiger charge is 2.36. The first kappa shape index (κ1) is 12.7. The maximum Gasteiger partial charge on any atom is 0.268 e.